The van der Waals surface area contributed by atoms with Crippen molar-refractivity contribution < 1.29 is 33.1 Å². The number of anilines is 1. The topological polar surface area (TPSA) is 177 Å². The summed E-state index contributed by atoms with van der Waals surface area (Å²) < 4.78 is 36.7. The molecule has 14 heteroatoms. The van der Waals surface area contributed by atoms with Crippen LogP contribution in [0.2, 0.25) is 0 Å². The van der Waals surface area contributed by atoms with E-state index in [2.05, 4.69) is 19.9 Å². The first kappa shape index (κ1) is 22.3. The highest BCUT2D eigenvalue weighted by Gasteiger charge is 2.54. The van der Waals surface area contributed by atoms with Gasteiger partial charge in [0.15, 0.2) is 17.7 Å². The number of imidazole rings is 1. The van der Waals surface area contributed by atoms with Crippen LogP contribution in [0, 0.1) is 0 Å². The monoisotopic (exact) mass is 478 g/mol. The van der Waals surface area contributed by atoms with Crippen LogP contribution in [0.5, 0.6) is 0 Å². The van der Waals surface area contributed by atoms with Crippen molar-refractivity contribution in [2.75, 3.05) is 18.9 Å². The van der Waals surface area contributed by atoms with E-state index in [-0.39, 0.29) is 19.0 Å². The summed E-state index contributed by atoms with van der Waals surface area (Å²) in [5.41, 5.74) is 5.34. The van der Waals surface area contributed by atoms with E-state index in [4.69, 9.17) is 24.0 Å². The molecule has 2 unspecified atom stereocenters. The number of pyridine rings is 1. The highest BCUT2D eigenvalue weighted by Crippen LogP contribution is 2.57. The van der Waals surface area contributed by atoms with Crippen molar-refractivity contribution in [3.05, 3.63) is 42.7 Å². The van der Waals surface area contributed by atoms with Gasteiger partial charge in [0.1, 0.15) is 35.8 Å². The van der Waals surface area contributed by atoms with Crippen molar-refractivity contribution in [3.63, 3.8) is 0 Å². The van der Waals surface area contributed by atoms with Crippen molar-refractivity contribution in [1.29, 1.82) is 0 Å². The standard InChI is InChI=1S/C19H23N6O7P/c1-19(27)15(26)13(31-18(19)25-10-24-14-16(20)22-9-23-17(14)25)8-30-33(28)29-7-5-12(32-33)11-4-2-3-6-21-11/h2-4,6,9-10,12-13,15,18,26-27H,5,7-8H2,1H3,(H2,20,22,23)/t12?,13-,15-,18-,19-,33?/m1/s1. The molecular weight excluding hydrogens is 455 g/mol. The number of aliphatic hydroxyl groups excluding tert-OH is 1. The molecule has 0 aliphatic carbocycles. The minimum Gasteiger partial charge on any atom is -0.387 e. The Bertz CT molecular complexity index is 1190. The number of phosphoric ester groups is 1. The molecule has 0 spiro atoms. The van der Waals surface area contributed by atoms with Gasteiger partial charge in [-0.15, -0.1) is 0 Å². The molecule has 4 N–H and O–H groups in total. The van der Waals surface area contributed by atoms with Crippen LogP contribution in [0.25, 0.3) is 11.2 Å². The largest absolute Gasteiger partial charge is 0.475 e. The molecule has 6 atom stereocenters. The number of hydrogen-bond acceptors (Lipinski definition) is 12. The van der Waals surface area contributed by atoms with Gasteiger partial charge in [-0.05, 0) is 19.1 Å². The van der Waals surface area contributed by atoms with E-state index in [1.165, 1.54) is 24.1 Å². The van der Waals surface area contributed by atoms with Gasteiger partial charge in [0.05, 0.1) is 25.2 Å². The quantitative estimate of drug-likeness (QED) is 0.446. The van der Waals surface area contributed by atoms with E-state index in [1.54, 1.807) is 24.4 Å². The number of hydrogen-bond donors (Lipinski definition) is 3. The highest BCUT2D eigenvalue weighted by molar-refractivity contribution is 7.48. The number of fused-ring (bicyclic) bond motifs is 1. The highest BCUT2D eigenvalue weighted by atomic mass is 31.2. The molecule has 33 heavy (non-hydrogen) atoms. The molecule has 0 bridgehead atoms. The number of nitrogens with zero attached hydrogens (tertiary/aromatic N) is 5. The summed E-state index contributed by atoms with van der Waals surface area (Å²) in [6.07, 6.45) is 0.660. The molecule has 5 rings (SSSR count). The smallest absolute Gasteiger partial charge is 0.387 e. The van der Waals surface area contributed by atoms with Gasteiger partial charge in [-0.25, -0.2) is 19.5 Å². The van der Waals surface area contributed by atoms with Gasteiger partial charge in [-0.1, -0.05) is 6.07 Å². The Morgan fingerprint density at radius 1 is 1.33 bits per heavy atom. The Morgan fingerprint density at radius 3 is 2.97 bits per heavy atom. The molecule has 5 heterocycles. The predicted molar refractivity (Wildman–Crippen MR) is 112 cm³/mol. The van der Waals surface area contributed by atoms with Crippen LogP contribution < -0.4 is 5.73 Å². The Kier molecular flexibility index (Phi) is 5.65. The second kappa shape index (κ2) is 8.37. The third-order valence-electron chi connectivity index (χ3n) is 5.69. The van der Waals surface area contributed by atoms with E-state index in [1.807, 2.05) is 0 Å². The first-order chi connectivity index (χ1) is 15.8. The second-order valence-electron chi connectivity index (χ2n) is 7.99. The summed E-state index contributed by atoms with van der Waals surface area (Å²) in [6, 6.07) is 5.33. The molecule has 0 aromatic carbocycles. The summed E-state index contributed by atoms with van der Waals surface area (Å²) in [4.78, 5) is 16.4. The minimum atomic E-state index is -3.95. The van der Waals surface area contributed by atoms with Crippen molar-refractivity contribution >= 4 is 24.8 Å². The van der Waals surface area contributed by atoms with Gasteiger partial charge in [-0.2, -0.15) is 0 Å². The molecular formula is C19H23N6O7P. The molecule has 2 fully saturated rings. The summed E-state index contributed by atoms with van der Waals surface area (Å²) >= 11 is 0. The lowest BCUT2D eigenvalue weighted by molar-refractivity contribution is -0.0953. The fourth-order valence-electron chi connectivity index (χ4n) is 3.93. The fourth-order valence-corrected chi connectivity index (χ4v) is 5.31. The van der Waals surface area contributed by atoms with E-state index >= 15 is 0 Å². The van der Waals surface area contributed by atoms with Crippen molar-refractivity contribution in [2.24, 2.45) is 0 Å². The Labute approximate surface area is 188 Å². The molecule has 2 saturated heterocycles. The lowest BCUT2D eigenvalue weighted by Gasteiger charge is -2.29. The van der Waals surface area contributed by atoms with Gasteiger partial charge in [0.2, 0.25) is 0 Å². The van der Waals surface area contributed by atoms with Crippen LogP contribution in [-0.2, 0) is 22.9 Å². The molecule has 176 valence electrons. The Balaban J connectivity index is 1.31. The van der Waals surface area contributed by atoms with Crippen LogP contribution in [0.1, 0.15) is 31.4 Å². The first-order valence-electron chi connectivity index (χ1n) is 10.3. The molecule has 3 aromatic heterocycles. The van der Waals surface area contributed by atoms with Gasteiger partial charge >= 0.3 is 7.82 Å². The van der Waals surface area contributed by atoms with Gasteiger partial charge in [0.25, 0.3) is 0 Å². The molecule has 13 nitrogen and oxygen atoms in total. The number of rotatable bonds is 5. The van der Waals surface area contributed by atoms with Crippen molar-refractivity contribution in [2.45, 2.75) is 43.5 Å². The molecule has 0 radical (unpaired) electrons. The molecule has 2 aliphatic heterocycles. The van der Waals surface area contributed by atoms with Crippen LogP contribution in [0.4, 0.5) is 5.82 Å². The van der Waals surface area contributed by atoms with E-state index < -0.39 is 38.0 Å². The SMILES string of the molecule is C[C@@]1(O)[C@H](O)[C@@H](COP2(=O)OCCC(c3ccccn3)O2)O[C@H]1n1cnc2c(N)ncnc21. The maximum absolute atomic E-state index is 13.0. The van der Waals surface area contributed by atoms with Crippen LogP contribution in [-0.4, -0.2) is 65.7 Å². The van der Waals surface area contributed by atoms with Gasteiger partial charge in [-0.3, -0.25) is 23.1 Å². The van der Waals surface area contributed by atoms with E-state index in [0.29, 0.717) is 23.3 Å². The summed E-state index contributed by atoms with van der Waals surface area (Å²) in [7, 11) is -3.95. The van der Waals surface area contributed by atoms with Crippen LogP contribution >= 0.6 is 7.82 Å². The Hall–Kier alpha value is -2.51. The van der Waals surface area contributed by atoms with Gasteiger partial charge < -0.3 is 20.7 Å². The number of phosphoric acid groups is 1. The second-order valence-corrected chi connectivity index (χ2v) is 9.62. The molecule has 0 amide bonds. The van der Waals surface area contributed by atoms with E-state index in [9.17, 15) is 14.8 Å². The Morgan fingerprint density at radius 2 is 2.18 bits per heavy atom. The first-order valence-corrected chi connectivity index (χ1v) is 11.7. The maximum atomic E-state index is 13.0. The summed E-state index contributed by atoms with van der Waals surface area (Å²) in [5, 5.41) is 21.7. The molecule has 0 saturated carbocycles. The van der Waals surface area contributed by atoms with Crippen molar-refractivity contribution in [3.8, 4) is 0 Å². The lowest BCUT2D eigenvalue weighted by Crippen LogP contribution is -2.44. The fraction of sp³-hybridized carbons (Fsp3) is 0.474. The zero-order valence-corrected chi connectivity index (χ0v) is 18.5. The molecule has 2 aliphatic rings. The van der Waals surface area contributed by atoms with Crippen LogP contribution in [0.3, 0.4) is 0 Å². The minimum absolute atomic E-state index is 0.148. The van der Waals surface area contributed by atoms with Crippen LogP contribution in [0.15, 0.2) is 37.1 Å². The number of ether oxygens (including phenoxy) is 1. The average molecular weight is 478 g/mol. The summed E-state index contributed by atoms with van der Waals surface area (Å²) in [6.45, 7) is 1.20. The number of nitrogens with two attached hydrogens (primary N) is 1. The number of aliphatic hydroxyl groups is 2. The zero-order chi connectivity index (χ0) is 23.2. The average Bonchev–Trinajstić information content (AvgIpc) is 3.33. The molecule has 3 aromatic rings. The maximum Gasteiger partial charge on any atom is 0.475 e. The number of aromatic nitrogens is 5. The third-order valence-corrected chi connectivity index (χ3v) is 7.17. The van der Waals surface area contributed by atoms with E-state index in [0.717, 1.165) is 0 Å². The summed E-state index contributed by atoms with van der Waals surface area (Å²) in [5.74, 6) is 0.170. The number of nitrogen functional groups attached to an aromatic ring is 1. The predicted octanol–water partition coefficient (Wildman–Crippen LogP) is 1.12. The van der Waals surface area contributed by atoms with Gasteiger partial charge in [0, 0.05) is 12.6 Å². The lowest BCUT2D eigenvalue weighted by atomic mass is 9.96. The zero-order valence-electron chi connectivity index (χ0n) is 17.6. The van der Waals surface area contributed by atoms with Crippen molar-refractivity contribution in [1.82, 2.24) is 24.5 Å². The normalized spacial score (nSPS) is 34.6. The third kappa shape index (κ3) is 4.02.